The first-order valence-corrected chi connectivity index (χ1v) is 13.6. The molecule has 0 saturated carbocycles. The molecule has 1 atom stereocenters. The third-order valence-corrected chi connectivity index (χ3v) is 7.15. The van der Waals surface area contributed by atoms with Crippen molar-refractivity contribution in [3.8, 4) is 5.75 Å². The monoisotopic (exact) mass is 523 g/mol. The highest BCUT2D eigenvalue weighted by Crippen LogP contribution is 2.25. The number of benzene rings is 2. The predicted molar refractivity (Wildman–Crippen MR) is 139 cm³/mol. The summed E-state index contributed by atoms with van der Waals surface area (Å²) in [5, 5.41) is 3.24. The number of methoxy groups -OCH3 is 1. The average molecular weight is 524 g/mol. The second-order valence-electron chi connectivity index (χ2n) is 8.40. The summed E-state index contributed by atoms with van der Waals surface area (Å²) < 4.78 is 31.5. The van der Waals surface area contributed by atoms with Crippen LogP contribution in [0, 0.1) is 6.92 Å². The SMILES string of the molecule is CCCCNC(=O)[C@H](C)N(Cc1cccc(OC)c1)C(=O)CN(c1ccc(C)c(Cl)c1)S(C)(=O)=O. The van der Waals surface area contributed by atoms with Crippen LogP contribution in [0.2, 0.25) is 5.02 Å². The zero-order valence-electron chi connectivity index (χ0n) is 20.9. The third-order valence-electron chi connectivity index (χ3n) is 5.61. The van der Waals surface area contributed by atoms with Gasteiger partial charge in [-0.25, -0.2) is 8.42 Å². The Balaban J connectivity index is 2.38. The number of sulfonamides is 1. The normalized spacial score (nSPS) is 12.1. The number of halogens is 1. The lowest BCUT2D eigenvalue weighted by atomic mass is 10.1. The fourth-order valence-corrected chi connectivity index (χ4v) is 4.45. The van der Waals surface area contributed by atoms with Gasteiger partial charge in [-0.2, -0.15) is 0 Å². The lowest BCUT2D eigenvalue weighted by Crippen LogP contribution is -2.51. The van der Waals surface area contributed by atoms with Crippen LogP contribution in [-0.4, -0.2) is 57.6 Å². The molecule has 1 N–H and O–H groups in total. The highest BCUT2D eigenvalue weighted by Gasteiger charge is 2.30. The van der Waals surface area contributed by atoms with Gasteiger partial charge in [-0.1, -0.05) is 43.1 Å². The van der Waals surface area contributed by atoms with E-state index in [0.29, 0.717) is 17.3 Å². The van der Waals surface area contributed by atoms with E-state index in [-0.39, 0.29) is 18.1 Å². The molecule has 0 aliphatic carbocycles. The molecular weight excluding hydrogens is 490 g/mol. The number of hydrogen-bond acceptors (Lipinski definition) is 5. The van der Waals surface area contributed by atoms with Crippen molar-refractivity contribution in [1.82, 2.24) is 10.2 Å². The first-order chi connectivity index (χ1) is 16.5. The van der Waals surface area contributed by atoms with Crippen LogP contribution in [0.3, 0.4) is 0 Å². The molecule has 2 amide bonds. The molecule has 2 aromatic rings. The highest BCUT2D eigenvalue weighted by atomic mass is 35.5. The Morgan fingerprint density at radius 3 is 2.49 bits per heavy atom. The van der Waals surface area contributed by atoms with Gasteiger partial charge in [0.2, 0.25) is 21.8 Å². The molecule has 35 heavy (non-hydrogen) atoms. The molecule has 2 aromatic carbocycles. The van der Waals surface area contributed by atoms with Crippen LogP contribution in [0.4, 0.5) is 5.69 Å². The fraction of sp³-hybridized carbons (Fsp3) is 0.440. The van der Waals surface area contributed by atoms with Crippen LogP contribution in [0.25, 0.3) is 0 Å². The van der Waals surface area contributed by atoms with Crippen molar-refractivity contribution in [2.24, 2.45) is 0 Å². The smallest absolute Gasteiger partial charge is 0.244 e. The van der Waals surface area contributed by atoms with Gasteiger partial charge in [0, 0.05) is 18.1 Å². The van der Waals surface area contributed by atoms with Gasteiger partial charge in [-0.3, -0.25) is 13.9 Å². The number of ether oxygens (including phenoxy) is 1. The molecule has 192 valence electrons. The molecule has 0 aliphatic rings. The van der Waals surface area contributed by atoms with E-state index >= 15 is 0 Å². The number of aryl methyl sites for hydroxylation is 1. The number of anilines is 1. The van der Waals surface area contributed by atoms with Crippen molar-refractivity contribution >= 4 is 39.1 Å². The summed E-state index contributed by atoms with van der Waals surface area (Å²) in [6, 6.07) is 11.1. The average Bonchev–Trinajstić information content (AvgIpc) is 2.81. The van der Waals surface area contributed by atoms with E-state index in [0.717, 1.165) is 34.5 Å². The van der Waals surface area contributed by atoms with Crippen LogP contribution in [0.5, 0.6) is 5.75 Å². The van der Waals surface area contributed by atoms with Gasteiger partial charge in [-0.15, -0.1) is 0 Å². The van der Waals surface area contributed by atoms with E-state index in [9.17, 15) is 18.0 Å². The zero-order chi connectivity index (χ0) is 26.2. The van der Waals surface area contributed by atoms with E-state index in [1.54, 1.807) is 51.3 Å². The maximum Gasteiger partial charge on any atom is 0.244 e. The fourth-order valence-electron chi connectivity index (χ4n) is 3.44. The van der Waals surface area contributed by atoms with E-state index in [2.05, 4.69) is 5.32 Å². The number of nitrogens with one attached hydrogen (secondary N) is 1. The predicted octanol–water partition coefficient (Wildman–Crippen LogP) is 3.76. The van der Waals surface area contributed by atoms with Gasteiger partial charge >= 0.3 is 0 Å². The minimum absolute atomic E-state index is 0.102. The van der Waals surface area contributed by atoms with Gasteiger partial charge in [0.1, 0.15) is 18.3 Å². The molecule has 0 aliphatic heterocycles. The first-order valence-electron chi connectivity index (χ1n) is 11.4. The van der Waals surface area contributed by atoms with E-state index in [4.69, 9.17) is 16.3 Å². The number of carbonyl (C=O) groups is 2. The molecule has 0 radical (unpaired) electrons. The topological polar surface area (TPSA) is 96.0 Å². The van der Waals surface area contributed by atoms with Crippen LogP contribution in [-0.2, 0) is 26.2 Å². The summed E-state index contributed by atoms with van der Waals surface area (Å²) in [6.45, 7) is 5.58. The van der Waals surface area contributed by atoms with Gasteiger partial charge < -0.3 is 15.0 Å². The first kappa shape index (κ1) is 28.5. The van der Waals surface area contributed by atoms with Gasteiger partial charge in [0.05, 0.1) is 19.1 Å². The summed E-state index contributed by atoms with van der Waals surface area (Å²) in [5.41, 5.74) is 1.81. The molecule has 0 aromatic heterocycles. The molecule has 0 saturated heterocycles. The number of carbonyl (C=O) groups excluding carboxylic acids is 2. The van der Waals surface area contributed by atoms with Crippen LogP contribution < -0.4 is 14.4 Å². The number of hydrogen-bond donors (Lipinski definition) is 1. The number of nitrogens with zero attached hydrogens (tertiary/aromatic N) is 2. The van der Waals surface area contributed by atoms with Crippen molar-refractivity contribution in [2.45, 2.75) is 46.2 Å². The number of unbranched alkanes of at least 4 members (excludes halogenated alkanes) is 1. The Hall–Kier alpha value is -2.78. The van der Waals surface area contributed by atoms with Crippen molar-refractivity contribution in [3.63, 3.8) is 0 Å². The molecule has 2 rings (SSSR count). The Morgan fingerprint density at radius 2 is 1.89 bits per heavy atom. The summed E-state index contributed by atoms with van der Waals surface area (Å²) in [6.07, 6.45) is 2.77. The highest BCUT2D eigenvalue weighted by molar-refractivity contribution is 7.92. The molecule has 10 heteroatoms. The minimum atomic E-state index is -3.82. The van der Waals surface area contributed by atoms with Crippen LogP contribution in [0.15, 0.2) is 42.5 Å². The molecular formula is C25H34ClN3O5S. The van der Waals surface area contributed by atoms with Crippen molar-refractivity contribution in [3.05, 3.63) is 58.6 Å². The Kier molecular flexibility index (Phi) is 10.4. The quantitative estimate of drug-likeness (QED) is 0.427. The van der Waals surface area contributed by atoms with Gasteiger partial charge in [0.25, 0.3) is 0 Å². The lowest BCUT2D eigenvalue weighted by Gasteiger charge is -2.31. The molecule has 0 unspecified atom stereocenters. The summed E-state index contributed by atoms with van der Waals surface area (Å²) in [7, 11) is -2.27. The molecule has 0 spiro atoms. The van der Waals surface area contributed by atoms with Crippen molar-refractivity contribution < 1.29 is 22.7 Å². The zero-order valence-corrected chi connectivity index (χ0v) is 22.4. The number of amides is 2. The van der Waals surface area contributed by atoms with Gasteiger partial charge in [0.15, 0.2) is 0 Å². The summed E-state index contributed by atoms with van der Waals surface area (Å²) in [4.78, 5) is 27.7. The second-order valence-corrected chi connectivity index (χ2v) is 10.7. The summed E-state index contributed by atoms with van der Waals surface area (Å²) in [5.74, 6) is -0.214. The van der Waals surface area contributed by atoms with Crippen LogP contribution >= 0.6 is 11.6 Å². The van der Waals surface area contributed by atoms with E-state index < -0.39 is 28.5 Å². The Labute approximate surface area is 213 Å². The van der Waals surface area contributed by atoms with E-state index in [1.165, 1.54) is 11.0 Å². The summed E-state index contributed by atoms with van der Waals surface area (Å²) >= 11 is 6.21. The van der Waals surface area contributed by atoms with Gasteiger partial charge in [-0.05, 0) is 55.7 Å². The standard InChI is InChI=1S/C25H34ClN3O5S/c1-6-7-13-27-25(31)19(3)28(16-20-9-8-10-22(14-20)34-4)24(30)17-29(35(5,32)33)21-12-11-18(2)23(26)15-21/h8-12,14-15,19H,6-7,13,16-17H2,1-5H3,(H,27,31)/t19-/m0/s1. The molecule has 8 nitrogen and oxygen atoms in total. The lowest BCUT2D eigenvalue weighted by molar-refractivity contribution is -0.139. The molecule has 0 heterocycles. The molecule has 0 bridgehead atoms. The maximum absolute atomic E-state index is 13.5. The van der Waals surface area contributed by atoms with Crippen molar-refractivity contribution in [2.75, 3.05) is 30.8 Å². The van der Waals surface area contributed by atoms with Crippen LogP contribution in [0.1, 0.15) is 37.8 Å². The second kappa shape index (κ2) is 12.8. The Bertz CT molecular complexity index is 1140. The third kappa shape index (κ3) is 8.14. The minimum Gasteiger partial charge on any atom is -0.497 e. The Morgan fingerprint density at radius 1 is 1.17 bits per heavy atom. The number of rotatable bonds is 12. The van der Waals surface area contributed by atoms with Crippen molar-refractivity contribution in [1.29, 1.82) is 0 Å². The molecule has 0 fully saturated rings. The maximum atomic E-state index is 13.5. The largest absolute Gasteiger partial charge is 0.497 e. The van der Waals surface area contributed by atoms with E-state index in [1.807, 2.05) is 13.0 Å².